The number of ether oxygens (including phenoxy) is 1. The molecule has 1 saturated heterocycles. The fourth-order valence-corrected chi connectivity index (χ4v) is 1.89. The van der Waals surface area contributed by atoms with Crippen LogP contribution in [0, 0.1) is 17.7 Å². The Hall–Kier alpha value is -1.90. The molecule has 2 rings (SSSR count). The summed E-state index contributed by atoms with van der Waals surface area (Å²) in [5, 5.41) is 0. The molecule has 0 saturated carbocycles. The maximum atomic E-state index is 13.3. The first kappa shape index (κ1) is 13.5. The maximum absolute atomic E-state index is 13.3. The third-order valence-electron chi connectivity index (χ3n) is 2.84. The molecule has 0 bridgehead atoms. The van der Waals surface area contributed by atoms with Crippen molar-refractivity contribution in [1.29, 1.82) is 0 Å². The maximum Gasteiger partial charge on any atom is 0.255 e. The fraction of sp³-hybridized carbons (Fsp3) is 0.357. The van der Waals surface area contributed by atoms with Crippen molar-refractivity contribution in [2.75, 3.05) is 32.8 Å². The number of hydrogen-bond acceptors (Lipinski definition) is 3. The fourth-order valence-electron chi connectivity index (χ4n) is 1.89. The summed E-state index contributed by atoms with van der Waals surface area (Å²) in [6, 6.07) is 4.01. The van der Waals surface area contributed by atoms with Crippen LogP contribution in [0.15, 0.2) is 18.2 Å². The number of carbonyl (C=O) groups is 1. The minimum atomic E-state index is -0.449. The lowest BCUT2D eigenvalue weighted by atomic mass is 10.1. The van der Waals surface area contributed by atoms with Gasteiger partial charge in [0.25, 0.3) is 5.91 Å². The number of nitrogens with zero attached hydrogens (tertiary/aromatic N) is 1. The van der Waals surface area contributed by atoms with Crippen LogP contribution < -0.4 is 5.73 Å². The zero-order valence-electron chi connectivity index (χ0n) is 10.5. The first-order valence-corrected chi connectivity index (χ1v) is 6.08. The average Bonchev–Trinajstić information content (AvgIpc) is 2.46. The van der Waals surface area contributed by atoms with Crippen molar-refractivity contribution in [1.82, 2.24) is 4.90 Å². The van der Waals surface area contributed by atoms with E-state index in [-0.39, 0.29) is 18.0 Å². The highest BCUT2D eigenvalue weighted by Gasteiger charge is 2.21. The Bertz CT molecular complexity index is 528. The highest BCUT2D eigenvalue weighted by atomic mass is 19.1. The molecule has 100 valence electrons. The summed E-state index contributed by atoms with van der Waals surface area (Å²) in [4.78, 5) is 14.0. The van der Waals surface area contributed by atoms with Gasteiger partial charge in [0.15, 0.2) is 0 Å². The van der Waals surface area contributed by atoms with Gasteiger partial charge in [-0.25, -0.2) is 4.39 Å². The van der Waals surface area contributed by atoms with Crippen molar-refractivity contribution in [2.24, 2.45) is 5.73 Å². The van der Waals surface area contributed by atoms with E-state index in [2.05, 4.69) is 11.8 Å². The Morgan fingerprint density at radius 2 is 2.16 bits per heavy atom. The molecule has 5 heteroatoms. The van der Waals surface area contributed by atoms with E-state index < -0.39 is 5.82 Å². The number of morpholine rings is 1. The van der Waals surface area contributed by atoms with Gasteiger partial charge in [0.1, 0.15) is 5.82 Å². The van der Waals surface area contributed by atoms with E-state index in [1.165, 1.54) is 18.2 Å². The van der Waals surface area contributed by atoms with Gasteiger partial charge in [0.05, 0.1) is 25.3 Å². The van der Waals surface area contributed by atoms with Gasteiger partial charge in [-0.2, -0.15) is 0 Å². The van der Waals surface area contributed by atoms with Crippen LogP contribution in [0.3, 0.4) is 0 Å². The van der Waals surface area contributed by atoms with Crippen LogP contribution in [0.25, 0.3) is 0 Å². The van der Waals surface area contributed by atoms with Crippen molar-refractivity contribution in [2.45, 2.75) is 0 Å². The molecule has 1 aliphatic rings. The van der Waals surface area contributed by atoms with Crippen molar-refractivity contribution in [3.8, 4) is 11.8 Å². The Balaban J connectivity index is 2.30. The SMILES string of the molecule is NCC#Cc1ccc(F)cc1C(=O)N1CCOCC1. The number of carbonyl (C=O) groups excluding carboxylic acids is 1. The minimum Gasteiger partial charge on any atom is -0.378 e. The van der Waals surface area contributed by atoms with Crippen LogP contribution in [0.2, 0.25) is 0 Å². The van der Waals surface area contributed by atoms with Crippen LogP contribution in [-0.2, 0) is 4.74 Å². The Labute approximate surface area is 111 Å². The molecular formula is C14H15FN2O2. The van der Waals surface area contributed by atoms with Crippen LogP contribution >= 0.6 is 0 Å². The number of halogens is 1. The molecule has 0 spiro atoms. The second-order valence-electron chi connectivity index (χ2n) is 4.10. The van der Waals surface area contributed by atoms with Gasteiger partial charge in [0.2, 0.25) is 0 Å². The summed E-state index contributed by atoms with van der Waals surface area (Å²) < 4.78 is 18.5. The molecule has 0 aliphatic carbocycles. The van der Waals surface area contributed by atoms with Crippen LogP contribution in [0.1, 0.15) is 15.9 Å². The van der Waals surface area contributed by atoms with Crippen molar-refractivity contribution >= 4 is 5.91 Å². The number of rotatable bonds is 1. The monoisotopic (exact) mass is 262 g/mol. The third-order valence-corrected chi connectivity index (χ3v) is 2.84. The quantitative estimate of drug-likeness (QED) is 0.754. The van der Waals surface area contributed by atoms with E-state index in [0.29, 0.717) is 31.9 Å². The highest BCUT2D eigenvalue weighted by Crippen LogP contribution is 2.14. The second kappa shape index (κ2) is 6.32. The van der Waals surface area contributed by atoms with Crippen LogP contribution in [0.5, 0.6) is 0 Å². The number of benzene rings is 1. The van der Waals surface area contributed by atoms with Crippen LogP contribution in [0.4, 0.5) is 4.39 Å². The molecule has 0 unspecified atom stereocenters. The van der Waals surface area contributed by atoms with E-state index >= 15 is 0 Å². The predicted octanol–water partition coefficient (Wildman–Crippen LogP) is 0.608. The number of hydrogen-bond donors (Lipinski definition) is 1. The molecule has 19 heavy (non-hydrogen) atoms. The normalized spacial score (nSPS) is 14.7. The molecule has 0 atom stereocenters. The van der Waals surface area contributed by atoms with Gasteiger partial charge in [-0.15, -0.1) is 0 Å². The summed E-state index contributed by atoms with van der Waals surface area (Å²) in [5.41, 5.74) is 6.10. The third kappa shape index (κ3) is 3.31. The van der Waals surface area contributed by atoms with E-state index in [1.807, 2.05) is 0 Å². The van der Waals surface area contributed by atoms with Gasteiger partial charge < -0.3 is 15.4 Å². The van der Waals surface area contributed by atoms with Gasteiger partial charge in [-0.3, -0.25) is 4.79 Å². The highest BCUT2D eigenvalue weighted by molar-refractivity contribution is 5.96. The van der Waals surface area contributed by atoms with Gasteiger partial charge in [-0.05, 0) is 18.2 Å². The van der Waals surface area contributed by atoms with E-state index in [0.717, 1.165) is 0 Å². The second-order valence-corrected chi connectivity index (χ2v) is 4.10. The van der Waals surface area contributed by atoms with E-state index in [4.69, 9.17) is 10.5 Å². The standard InChI is InChI=1S/C14H15FN2O2/c15-12-4-3-11(2-1-5-16)13(10-12)14(18)17-6-8-19-9-7-17/h3-4,10H,5-9,16H2. The van der Waals surface area contributed by atoms with E-state index in [1.54, 1.807) is 4.90 Å². The number of nitrogens with two attached hydrogens (primary N) is 1. The molecule has 1 fully saturated rings. The van der Waals surface area contributed by atoms with Crippen LogP contribution in [-0.4, -0.2) is 43.7 Å². The molecule has 0 aromatic heterocycles. The Morgan fingerprint density at radius 3 is 2.84 bits per heavy atom. The van der Waals surface area contributed by atoms with Gasteiger partial charge in [0, 0.05) is 18.7 Å². The number of amides is 1. The minimum absolute atomic E-state index is 0.197. The largest absolute Gasteiger partial charge is 0.378 e. The molecule has 1 aromatic rings. The summed E-state index contributed by atoms with van der Waals surface area (Å²) in [6.07, 6.45) is 0. The topological polar surface area (TPSA) is 55.6 Å². The lowest BCUT2D eigenvalue weighted by Gasteiger charge is -2.27. The summed E-state index contributed by atoms with van der Waals surface area (Å²) >= 11 is 0. The molecule has 2 N–H and O–H groups in total. The smallest absolute Gasteiger partial charge is 0.255 e. The predicted molar refractivity (Wildman–Crippen MR) is 69.1 cm³/mol. The molecule has 1 amide bonds. The van der Waals surface area contributed by atoms with Gasteiger partial charge in [-0.1, -0.05) is 11.8 Å². The molecular weight excluding hydrogens is 247 g/mol. The molecule has 4 nitrogen and oxygen atoms in total. The summed E-state index contributed by atoms with van der Waals surface area (Å²) in [6.45, 7) is 2.23. The lowest BCUT2D eigenvalue weighted by molar-refractivity contribution is 0.0302. The van der Waals surface area contributed by atoms with Crippen molar-refractivity contribution in [3.05, 3.63) is 35.1 Å². The van der Waals surface area contributed by atoms with Gasteiger partial charge >= 0.3 is 0 Å². The lowest BCUT2D eigenvalue weighted by Crippen LogP contribution is -2.41. The Morgan fingerprint density at radius 1 is 1.42 bits per heavy atom. The molecule has 0 radical (unpaired) electrons. The Kier molecular flexibility index (Phi) is 4.50. The average molecular weight is 262 g/mol. The zero-order valence-corrected chi connectivity index (χ0v) is 10.5. The first-order valence-electron chi connectivity index (χ1n) is 6.08. The zero-order chi connectivity index (χ0) is 13.7. The first-order chi connectivity index (χ1) is 9.22. The van der Waals surface area contributed by atoms with Crippen molar-refractivity contribution in [3.63, 3.8) is 0 Å². The van der Waals surface area contributed by atoms with Crippen molar-refractivity contribution < 1.29 is 13.9 Å². The molecule has 1 heterocycles. The molecule has 1 aromatic carbocycles. The van der Waals surface area contributed by atoms with E-state index in [9.17, 15) is 9.18 Å². The summed E-state index contributed by atoms with van der Waals surface area (Å²) in [7, 11) is 0. The summed E-state index contributed by atoms with van der Waals surface area (Å²) in [5.74, 6) is 4.81. The molecule has 1 aliphatic heterocycles.